The van der Waals surface area contributed by atoms with Gasteiger partial charge in [-0.1, -0.05) is 30.3 Å². The number of fused-ring (bicyclic) bond motifs is 1. The van der Waals surface area contributed by atoms with E-state index in [2.05, 4.69) is 4.98 Å². The third-order valence-electron chi connectivity index (χ3n) is 3.50. The summed E-state index contributed by atoms with van der Waals surface area (Å²) < 4.78 is 12.9. The van der Waals surface area contributed by atoms with Gasteiger partial charge < -0.3 is 9.88 Å². The second kappa shape index (κ2) is 5.40. The number of hydrogen-bond acceptors (Lipinski definition) is 1. The minimum absolute atomic E-state index is 0.0585. The summed E-state index contributed by atoms with van der Waals surface area (Å²) >= 11 is 0. The number of H-pyrrole nitrogens is 1. The summed E-state index contributed by atoms with van der Waals surface area (Å²) in [6.45, 7) is 0.443. The van der Waals surface area contributed by atoms with Gasteiger partial charge in [0.15, 0.2) is 0 Å². The number of aromatic amines is 1. The molecule has 1 aromatic heterocycles. The Bertz CT molecular complexity index is 777. The van der Waals surface area contributed by atoms with E-state index in [1.54, 1.807) is 30.3 Å². The van der Waals surface area contributed by atoms with E-state index in [9.17, 15) is 9.18 Å². The van der Waals surface area contributed by atoms with Crippen molar-refractivity contribution in [1.29, 1.82) is 0 Å². The van der Waals surface area contributed by atoms with Crippen LogP contribution in [0.4, 0.5) is 4.39 Å². The van der Waals surface area contributed by atoms with Crippen molar-refractivity contribution in [2.45, 2.75) is 6.54 Å². The van der Waals surface area contributed by atoms with E-state index < -0.39 is 0 Å². The molecule has 0 unspecified atom stereocenters. The van der Waals surface area contributed by atoms with Crippen LogP contribution in [0, 0.1) is 5.82 Å². The van der Waals surface area contributed by atoms with E-state index in [4.69, 9.17) is 0 Å². The lowest BCUT2D eigenvalue weighted by atomic mass is 10.1. The summed E-state index contributed by atoms with van der Waals surface area (Å²) in [6.07, 6.45) is 1.73. The van der Waals surface area contributed by atoms with Gasteiger partial charge in [-0.2, -0.15) is 0 Å². The van der Waals surface area contributed by atoms with Crippen LogP contribution in [0.2, 0.25) is 0 Å². The van der Waals surface area contributed by atoms with Gasteiger partial charge in [0.2, 0.25) is 0 Å². The van der Waals surface area contributed by atoms with E-state index in [1.807, 2.05) is 24.3 Å². The molecule has 0 aliphatic heterocycles. The topological polar surface area (TPSA) is 36.1 Å². The van der Waals surface area contributed by atoms with Crippen LogP contribution in [0.1, 0.15) is 15.9 Å². The maximum Gasteiger partial charge on any atom is 0.256 e. The van der Waals surface area contributed by atoms with E-state index in [0.29, 0.717) is 12.1 Å². The Morgan fingerprint density at radius 1 is 1.14 bits per heavy atom. The molecule has 0 fully saturated rings. The maximum absolute atomic E-state index is 12.9. The van der Waals surface area contributed by atoms with Crippen molar-refractivity contribution in [1.82, 2.24) is 9.88 Å². The third kappa shape index (κ3) is 2.65. The number of nitrogens with zero attached hydrogens (tertiary/aromatic N) is 1. The van der Waals surface area contributed by atoms with Crippen LogP contribution < -0.4 is 0 Å². The molecule has 1 heterocycles. The van der Waals surface area contributed by atoms with Crippen LogP contribution in [0.5, 0.6) is 0 Å². The Kier molecular flexibility index (Phi) is 3.44. The van der Waals surface area contributed by atoms with Crippen LogP contribution in [0.3, 0.4) is 0 Å². The zero-order valence-electron chi connectivity index (χ0n) is 11.6. The standard InChI is InChI=1S/C17H15FN2O/c1-20(11-12-6-8-13(18)9-7-12)17(21)15-10-19-16-5-3-2-4-14(15)16/h2-10,19H,11H2,1H3. The van der Waals surface area contributed by atoms with E-state index in [1.165, 1.54) is 12.1 Å². The molecule has 0 bridgehead atoms. The second-order valence-corrected chi connectivity index (χ2v) is 5.04. The number of benzene rings is 2. The summed E-state index contributed by atoms with van der Waals surface area (Å²) in [5.41, 5.74) is 2.48. The van der Waals surface area contributed by atoms with Gasteiger partial charge >= 0.3 is 0 Å². The van der Waals surface area contributed by atoms with Crippen molar-refractivity contribution in [3.05, 3.63) is 71.7 Å². The highest BCUT2D eigenvalue weighted by atomic mass is 19.1. The largest absolute Gasteiger partial charge is 0.360 e. The Hall–Kier alpha value is -2.62. The molecule has 0 spiro atoms. The number of rotatable bonds is 3. The summed E-state index contributed by atoms with van der Waals surface area (Å²) in [6, 6.07) is 13.9. The van der Waals surface area contributed by atoms with E-state index >= 15 is 0 Å². The second-order valence-electron chi connectivity index (χ2n) is 5.04. The molecular formula is C17H15FN2O. The van der Waals surface area contributed by atoms with Crippen molar-refractivity contribution < 1.29 is 9.18 Å². The first-order valence-corrected chi connectivity index (χ1v) is 6.71. The van der Waals surface area contributed by atoms with Crippen LogP contribution in [-0.4, -0.2) is 22.8 Å². The number of nitrogens with one attached hydrogen (secondary N) is 1. The van der Waals surface area contributed by atoms with E-state index in [0.717, 1.165) is 16.5 Å². The normalized spacial score (nSPS) is 10.8. The molecule has 3 rings (SSSR count). The van der Waals surface area contributed by atoms with Crippen LogP contribution in [0.15, 0.2) is 54.7 Å². The third-order valence-corrected chi connectivity index (χ3v) is 3.50. The lowest BCUT2D eigenvalue weighted by Gasteiger charge is -2.17. The molecule has 0 atom stereocenters. The molecule has 106 valence electrons. The lowest BCUT2D eigenvalue weighted by molar-refractivity contribution is 0.0787. The first-order valence-electron chi connectivity index (χ1n) is 6.71. The first kappa shape index (κ1) is 13.4. The smallest absolute Gasteiger partial charge is 0.256 e. The summed E-state index contributed by atoms with van der Waals surface area (Å²) in [4.78, 5) is 17.2. The molecule has 1 amide bonds. The molecule has 3 aromatic rings. The first-order chi connectivity index (χ1) is 10.1. The molecule has 0 aliphatic rings. The zero-order valence-corrected chi connectivity index (χ0v) is 11.6. The van der Waals surface area contributed by atoms with Crippen LogP contribution in [0.25, 0.3) is 10.9 Å². The molecule has 0 aliphatic carbocycles. The lowest BCUT2D eigenvalue weighted by Crippen LogP contribution is -2.25. The fraction of sp³-hybridized carbons (Fsp3) is 0.118. The molecule has 4 heteroatoms. The average Bonchev–Trinajstić information content (AvgIpc) is 2.92. The molecule has 1 N–H and O–H groups in total. The van der Waals surface area contributed by atoms with Gasteiger partial charge in [-0.15, -0.1) is 0 Å². The monoisotopic (exact) mass is 282 g/mol. The number of carbonyl (C=O) groups excluding carboxylic acids is 1. The molecule has 21 heavy (non-hydrogen) atoms. The maximum atomic E-state index is 12.9. The molecule has 2 aromatic carbocycles. The highest BCUT2D eigenvalue weighted by Crippen LogP contribution is 2.19. The quantitative estimate of drug-likeness (QED) is 0.783. The minimum atomic E-state index is -0.274. The average molecular weight is 282 g/mol. The Morgan fingerprint density at radius 2 is 1.86 bits per heavy atom. The highest BCUT2D eigenvalue weighted by molar-refractivity contribution is 6.06. The number of aromatic nitrogens is 1. The van der Waals surface area contributed by atoms with Gasteiger partial charge in [-0.25, -0.2) is 4.39 Å². The number of amides is 1. The fourth-order valence-corrected chi connectivity index (χ4v) is 2.39. The van der Waals surface area contributed by atoms with Gasteiger partial charge in [0.05, 0.1) is 5.56 Å². The number of hydrogen-bond donors (Lipinski definition) is 1. The SMILES string of the molecule is CN(Cc1ccc(F)cc1)C(=O)c1c[nH]c2ccccc12. The summed E-state index contributed by atoms with van der Waals surface area (Å²) in [7, 11) is 1.74. The number of halogens is 1. The van der Waals surface area contributed by atoms with Crippen molar-refractivity contribution in [3.8, 4) is 0 Å². The Morgan fingerprint density at radius 3 is 2.62 bits per heavy atom. The van der Waals surface area contributed by atoms with Crippen molar-refractivity contribution in [2.24, 2.45) is 0 Å². The van der Waals surface area contributed by atoms with Gasteiger partial charge in [-0.05, 0) is 23.8 Å². The predicted molar refractivity (Wildman–Crippen MR) is 80.5 cm³/mol. The van der Waals surface area contributed by atoms with Crippen molar-refractivity contribution >= 4 is 16.8 Å². The van der Waals surface area contributed by atoms with Gasteiger partial charge in [0, 0.05) is 30.7 Å². The van der Waals surface area contributed by atoms with Gasteiger partial charge in [0.25, 0.3) is 5.91 Å². The van der Waals surface area contributed by atoms with Crippen molar-refractivity contribution in [2.75, 3.05) is 7.05 Å². The number of para-hydroxylation sites is 1. The fourth-order valence-electron chi connectivity index (χ4n) is 2.39. The van der Waals surface area contributed by atoms with Crippen molar-refractivity contribution in [3.63, 3.8) is 0 Å². The van der Waals surface area contributed by atoms with Gasteiger partial charge in [0.1, 0.15) is 5.82 Å². The van der Waals surface area contributed by atoms with Crippen LogP contribution >= 0.6 is 0 Å². The molecule has 0 saturated carbocycles. The number of carbonyl (C=O) groups is 1. The summed E-state index contributed by atoms with van der Waals surface area (Å²) in [5, 5.41) is 0.911. The Labute approximate surface area is 122 Å². The predicted octanol–water partition coefficient (Wildman–Crippen LogP) is 3.58. The minimum Gasteiger partial charge on any atom is -0.360 e. The van der Waals surface area contributed by atoms with Gasteiger partial charge in [-0.3, -0.25) is 4.79 Å². The highest BCUT2D eigenvalue weighted by Gasteiger charge is 2.16. The Balaban J connectivity index is 1.82. The zero-order chi connectivity index (χ0) is 14.8. The molecule has 3 nitrogen and oxygen atoms in total. The summed E-state index contributed by atoms with van der Waals surface area (Å²) in [5.74, 6) is -0.332. The molecular weight excluding hydrogens is 267 g/mol. The molecule has 0 saturated heterocycles. The molecule has 0 radical (unpaired) electrons. The van der Waals surface area contributed by atoms with Crippen LogP contribution in [-0.2, 0) is 6.54 Å². The van der Waals surface area contributed by atoms with E-state index in [-0.39, 0.29) is 11.7 Å².